The fraction of sp³-hybridized carbons (Fsp3) is 0.562. The molecule has 21 heavy (non-hydrogen) atoms. The Balaban J connectivity index is 1.68. The minimum atomic E-state index is -0.746. The summed E-state index contributed by atoms with van der Waals surface area (Å²) < 4.78 is 5.35. The molecule has 0 amide bonds. The lowest BCUT2D eigenvalue weighted by Crippen LogP contribution is -2.46. The molecule has 1 saturated heterocycles. The summed E-state index contributed by atoms with van der Waals surface area (Å²) >= 11 is 0. The van der Waals surface area contributed by atoms with E-state index < -0.39 is 12.0 Å². The molecular formula is C16H22N2O3. The molecule has 0 aromatic heterocycles. The van der Waals surface area contributed by atoms with Crippen molar-refractivity contribution in [1.29, 1.82) is 0 Å². The van der Waals surface area contributed by atoms with Crippen LogP contribution in [0.2, 0.25) is 0 Å². The topological polar surface area (TPSA) is 53.0 Å². The van der Waals surface area contributed by atoms with E-state index in [9.17, 15) is 9.90 Å². The van der Waals surface area contributed by atoms with Gasteiger partial charge in [0.2, 0.25) is 0 Å². The molecule has 1 atom stereocenters. The predicted octanol–water partition coefficient (Wildman–Crippen LogP) is 1.00. The second-order valence-electron chi connectivity index (χ2n) is 5.68. The number of hydrogen-bond acceptors (Lipinski definition) is 4. The number of hydrogen-bond donors (Lipinski definition) is 1. The van der Waals surface area contributed by atoms with Crippen LogP contribution in [0.4, 0.5) is 0 Å². The highest BCUT2D eigenvalue weighted by molar-refractivity contribution is 5.76. The summed E-state index contributed by atoms with van der Waals surface area (Å²) in [5.74, 6) is -0.746. The smallest absolute Gasteiger partial charge is 0.325 e. The molecule has 0 aliphatic carbocycles. The van der Waals surface area contributed by atoms with Crippen LogP contribution >= 0.6 is 0 Å². The molecule has 0 spiro atoms. The fourth-order valence-electron chi connectivity index (χ4n) is 3.24. The fourth-order valence-corrected chi connectivity index (χ4v) is 3.24. The molecule has 5 nitrogen and oxygen atoms in total. The molecule has 1 aromatic rings. The molecule has 3 rings (SSSR count). The van der Waals surface area contributed by atoms with Crippen molar-refractivity contribution in [1.82, 2.24) is 9.80 Å². The van der Waals surface area contributed by atoms with Crippen LogP contribution in [0.25, 0.3) is 0 Å². The van der Waals surface area contributed by atoms with Crippen molar-refractivity contribution in [3.05, 3.63) is 35.4 Å². The molecular weight excluding hydrogens is 268 g/mol. The standard InChI is InChI=1S/C16H22N2O3/c19-16(20)15-14-4-2-1-3-13(14)5-6-18(15)8-7-17-9-11-21-12-10-17/h1-4,15H,5-12H2,(H,19,20). The van der Waals surface area contributed by atoms with Gasteiger partial charge in [0.05, 0.1) is 13.2 Å². The summed E-state index contributed by atoms with van der Waals surface area (Å²) in [5, 5.41) is 9.62. The maximum absolute atomic E-state index is 11.7. The molecule has 114 valence electrons. The Bertz CT molecular complexity index is 500. The summed E-state index contributed by atoms with van der Waals surface area (Å²) in [6, 6.07) is 7.41. The van der Waals surface area contributed by atoms with Gasteiger partial charge in [-0.05, 0) is 17.5 Å². The van der Waals surface area contributed by atoms with Crippen molar-refractivity contribution in [3.8, 4) is 0 Å². The van der Waals surface area contributed by atoms with Crippen LogP contribution < -0.4 is 0 Å². The summed E-state index contributed by atoms with van der Waals surface area (Å²) in [7, 11) is 0. The van der Waals surface area contributed by atoms with Gasteiger partial charge in [-0.15, -0.1) is 0 Å². The van der Waals surface area contributed by atoms with Crippen LogP contribution in [0, 0.1) is 0 Å². The highest BCUT2D eigenvalue weighted by Crippen LogP contribution is 2.29. The number of benzene rings is 1. The zero-order valence-corrected chi connectivity index (χ0v) is 12.2. The van der Waals surface area contributed by atoms with Crippen molar-refractivity contribution in [2.75, 3.05) is 45.9 Å². The first-order valence-corrected chi connectivity index (χ1v) is 7.60. The third kappa shape index (κ3) is 3.26. The predicted molar refractivity (Wildman–Crippen MR) is 79.4 cm³/mol. The SMILES string of the molecule is O=C(O)C1c2ccccc2CCN1CCN1CCOCC1. The van der Waals surface area contributed by atoms with Gasteiger partial charge in [-0.2, -0.15) is 0 Å². The highest BCUT2D eigenvalue weighted by Gasteiger charge is 2.32. The van der Waals surface area contributed by atoms with Crippen LogP contribution in [-0.4, -0.2) is 66.8 Å². The third-order valence-corrected chi connectivity index (χ3v) is 4.42. The summed E-state index contributed by atoms with van der Waals surface area (Å²) in [6.45, 7) is 5.99. The van der Waals surface area contributed by atoms with Crippen LogP contribution in [0.15, 0.2) is 24.3 Å². The Morgan fingerprint density at radius 2 is 1.95 bits per heavy atom. The second kappa shape index (κ2) is 6.56. The van der Waals surface area contributed by atoms with E-state index in [4.69, 9.17) is 4.74 Å². The molecule has 1 fully saturated rings. The number of morpholine rings is 1. The van der Waals surface area contributed by atoms with E-state index in [0.717, 1.165) is 57.9 Å². The number of ether oxygens (including phenoxy) is 1. The Hall–Kier alpha value is -1.43. The van der Waals surface area contributed by atoms with Crippen LogP contribution in [0.5, 0.6) is 0 Å². The first-order chi connectivity index (χ1) is 10.3. The van der Waals surface area contributed by atoms with Gasteiger partial charge in [0.15, 0.2) is 0 Å². The molecule has 5 heteroatoms. The van der Waals surface area contributed by atoms with Crippen molar-refractivity contribution < 1.29 is 14.6 Å². The molecule has 0 radical (unpaired) electrons. The average molecular weight is 290 g/mol. The largest absolute Gasteiger partial charge is 0.480 e. The molecule has 1 N–H and O–H groups in total. The van der Waals surface area contributed by atoms with Crippen molar-refractivity contribution in [2.24, 2.45) is 0 Å². The normalized spacial score (nSPS) is 23.7. The minimum Gasteiger partial charge on any atom is -0.480 e. The van der Waals surface area contributed by atoms with Gasteiger partial charge in [0.25, 0.3) is 0 Å². The lowest BCUT2D eigenvalue weighted by molar-refractivity contribution is -0.144. The number of rotatable bonds is 4. The number of fused-ring (bicyclic) bond motifs is 1. The zero-order valence-electron chi connectivity index (χ0n) is 12.2. The van der Waals surface area contributed by atoms with Crippen molar-refractivity contribution >= 4 is 5.97 Å². The van der Waals surface area contributed by atoms with Crippen molar-refractivity contribution in [2.45, 2.75) is 12.5 Å². The number of carboxylic acid groups (broad SMARTS) is 1. The second-order valence-corrected chi connectivity index (χ2v) is 5.68. The van der Waals surface area contributed by atoms with Crippen LogP contribution in [0.3, 0.4) is 0 Å². The monoisotopic (exact) mass is 290 g/mol. The summed E-state index contributed by atoms with van der Waals surface area (Å²) in [6.07, 6.45) is 0.934. The maximum atomic E-state index is 11.7. The van der Waals surface area contributed by atoms with Gasteiger partial charge in [-0.1, -0.05) is 24.3 Å². The average Bonchev–Trinajstić information content (AvgIpc) is 2.53. The minimum absolute atomic E-state index is 0.504. The quantitative estimate of drug-likeness (QED) is 0.896. The van der Waals surface area contributed by atoms with Gasteiger partial charge < -0.3 is 9.84 Å². The number of nitrogens with zero attached hydrogens (tertiary/aromatic N) is 2. The van der Waals surface area contributed by atoms with E-state index in [1.54, 1.807) is 0 Å². The number of carbonyl (C=O) groups is 1. The zero-order chi connectivity index (χ0) is 14.7. The molecule has 2 heterocycles. The van der Waals surface area contributed by atoms with Crippen molar-refractivity contribution in [3.63, 3.8) is 0 Å². The maximum Gasteiger partial charge on any atom is 0.325 e. The molecule has 1 unspecified atom stereocenters. The van der Waals surface area contributed by atoms with Gasteiger partial charge in [0.1, 0.15) is 6.04 Å². The third-order valence-electron chi connectivity index (χ3n) is 4.42. The van der Waals surface area contributed by atoms with E-state index in [1.165, 1.54) is 5.56 Å². The molecule has 2 aliphatic heterocycles. The number of aliphatic carboxylic acids is 1. The lowest BCUT2D eigenvalue weighted by atomic mass is 9.92. The van der Waals surface area contributed by atoms with Crippen LogP contribution in [0.1, 0.15) is 17.2 Å². The van der Waals surface area contributed by atoms with E-state index in [-0.39, 0.29) is 0 Å². The van der Waals surface area contributed by atoms with E-state index in [0.29, 0.717) is 0 Å². The summed E-state index contributed by atoms with van der Waals surface area (Å²) in [4.78, 5) is 16.2. The lowest BCUT2D eigenvalue weighted by Gasteiger charge is -2.36. The molecule has 0 saturated carbocycles. The van der Waals surface area contributed by atoms with E-state index >= 15 is 0 Å². The first kappa shape index (κ1) is 14.5. The first-order valence-electron chi connectivity index (χ1n) is 7.60. The van der Waals surface area contributed by atoms with Gasteiger partial charge >= 0.3 is 5.97 Å². The Morgan fingerprint density at radius 1 is 1.19 bits per heavy atom. The highest BCUT2D eigenvalue weighted by atomic mass is 16.5. The van der Waals surface area contributed by atoms with Crippen LogP contribution in [-0.2, 0) is 16.0 Å². The Labute approximate surface area is 125 Å². The molecule has 1 aromatic carbocycles. The van der Waals surface area contributed by atoms with E-state index in [2.05, 4.69) is 9.80 Å². The van der Waals surface area contributed by atoms with E-state index in [1.807, 2.05) is 24.3 Å². The van der Waals surface area contributed by atoms with Gasteiger partial charge in [-0.25, -0.2) is 0 Å². The van der Waals surface area contributed by atoms with Gasteiger partial charge in [-0.3, -0.25) is 14.6 Å². The molecule has 2 aliphatic rings. The molecule has 0 bridgehead atoms. The van der Waals surface area contributed by atoms with Gasteiger partial charge in [0, 0.05) is 32.7 Å². The summed E-state index contributed by atoms with van der Waals surface area (Å²) in [5.41, 5.74) is 2.13. The Morgan fingerprint density at radius 3 is 2.71 bits per heavy atom. The Kier molecular flexibility index (Phi) is 4.53. The number of carboxylic acids is 1.